The van der Waals surface area contributed by atoms with Gasteiger partial charge in [-0.1, -0.05) is 24.6 Å². The van der Waals surface area contributed by atoms with Gasteiger partial charge in [0.05, 0.1) is 0 Å². The molecule has 0 spiro atoms. The van der Waals surface area contributed by atoms with Crippen LogP contribution in [0.3, 0.4) is 0 Å². The molecule has 1 saturated heterocycles. The summed E-state index contributed by atoms with van der Waals surface area (Å²) in [5.74, 6) is 0.733. The lowest BCUT2D eigenvalue weighted by molar-refractivity contribution is 0.539. The first-order valence-electron chi connectivity index (χ1n) is 5.68. The van der Waals surface area contributed by atoms with E-state index in [1.54, 1.807) is 0 Å². The molecule has 1 aliphatic rings. The minimum absolute atomic E-state index is 0.632. The highest BCUT2D eigenvalue weighted by atomic mass is 15.2. The Morgan fingerprint density at radius 1 is 1.20 bits per heavy atom. The summed E-state index contributed by atoms with van der Waals surface area (Å²) in [5, 5.41) is 3.44. The second-order valence-corrected chi connectivity index (χ2v) is 4.65. The van der Waals surface area contributed by atoms with Crippen molar-refractivity contribution in [1.82, 2.24) is 5.32 Å². The molecule has 0 radical (unpaired) electrons. The van der Waals surface area contributed by atoms with Crippen molar-refractivity contribution in [3.05, 3.63) is 29.8 Å². The van der Waals surface area contributed by atoms with Crippen LogP contribution in [0, 0.1) is 12.8 Å². The Labute approximate surface area is 92.3 Å². The second-order valence-electron chi connectivity index (χ2n) is 4.65. The van der Waals surface area contributed by atoms with Crippen LogP contribution in [0.5, 0.6) is 0 Å². The Morgan fingerprint density at radius 2 is 1.87 bits per heavy atom. The van der Waals surface area contributed by atoms with Crippen LogP contribution in [0.15, 0.2) is 24.3 Å². The molecule has 1 fully saturated rings. The highest BCUT2D eigenvalue weighted by Crippen LogP contribution is 2.21. The average Bonchev–Trinajstić information content (AvgIpc) is 2.65. The average molecular weight is 204 g/mol. The van der Waals surface area contributed by atoms with Gasteiger partial charge in [-0.25, -0.2) is 0 Å². The van der Waals surface area contributed by atoms with E-state index < -0.39 is 0 Å². The molecule has 1 aromatic carbocycles. The zero-order chi connectivity index (χ0) is 10.8. The van der Waals surface area contributed by atoms with E-state index in [1.807, 2.05) is 0 Å². The molecule has 1 heterocycles. The first-order valence-corrected chi connectivity index (χ1v) is 5.68. The summed E-state index contributed by atoms with van der Waals surface area (Å²) in [6.07, 6.45) is 0. The van der Waals surface area contributed by atoms with E-state index in [2.05, 4.69) is 55.4 Å². The van der Waals surface area contributed by atoms with Gasteiger partial charge in [0.25, 0.3) is 0 Å². The molecule has 0 aliphatic carbocycles. The third kappa shape index (κ3) is 2.15. The Hall–Kier alpha value is -1.02. The third-order valence-corrected chi connectivity index (χ3v) is 3.42. The first-order chi connectivity index (χ1) is 7.18. The van der Waals surface area contributed by atoms with Crippen LogP contribution in [0.4, 0.5) is 5.69 Å². The van der Waals surface area contributed by atoms with Crippen LogP contribution in [0.1, 0.15) is 12.5 Å². The Kier molecular flexibility index (Phi) is 2.96. The number of hydrogen-bond acceptors (Lipinski definition) is 2. The maximum absolute atomic E-state index is 3.44. The molecule has 2 nitrogen and oxygen atoms in total. The molecule has 1 aliphatic heterocycles. The number of rotatable bonds is 2. The standard InChI is InChI=1S/C13H20N2/c1-10-4-6-12(7-5-10)15(3)13-9-14-8-11(13)2/h4-7,11,13-14H,8-9H2,1-3H3. The zero-order valence-corrected chi connectivity index (χ0v) is 9.83. The fourth-order valence-corrected chi connectivity index (χ4v) is 2.29. The van der Waals surface area contributed by atoms with E-state index in [1.165, 1.54) is 11.3 Å². The molecule has 0 bridgehead atoms. The summed E-state index contributed by atoms with van der Waals surface area (Å²) in [4.78, 5) is 2.39. The van der Waals surface area contributed by atoms with Gasteiger partial charge < -0.3 is 10.2 Å². The summed E-state index contributed by atoms with van der Waals surface area (Å²) in [7, 11) is 2.19. The van der Waals surface area contributed by atoms with Gasteiger partial charge in [0.15, 0.2) is 0 Å². The van der Waals surface area contributed by atoms with Crippen molar-refractivity contribution in [2.24, 2.45) is 5.92 Å². The Morgan fingerprint density at radius 3 is 2.40 bits per heavy atom. The maximum atomic E-state index is 3.44. The van der Waals surface area contributed by atoms with Crippen LogP contribution in [-0.2, 0) is 0 Å². The molecule has 2 heteroatoms. The maximum Gasteiger partial charge on any atom is 0.0448 e. The van der Waals surface area contributed by atoms with Crippen LogP contribution < -0.4 is 10.2 Å². The molecule has 82 valence electrons. The van der Waals surface area contributed by atoms with E-state index in [0.29, 0.717) is 6.04 Å². The molecule has 0 amide bonds. The van der Waals surface area contributed by atoms with Gasteiger partial charge in [-0.2, -0.15) is 0 Å². The number of anilines is 1. The predicted octanol–water partition coefficient (Wildman–Crippen LogP) is 2.04. The van der Waals surface area contributed by atoms with Crippen molar-refractivity contribution < 1.29 is 0 Å². The van der Waals surface area contributed by atoms with Crippen molar-refractivity contribution in [3.63, 3.8) is 0 Å². The topological polar surface area (TPSA) is 15.3 Å². The Bertz CT molecular complexity index is 318. The number of nitrogens with one attached hydrogen (secondary N) is 1. The molecule has 0 aromatic heterocycles. The van der Waals surface area contributed by atoms with E-state index in [0.717, 1.165) is 19.0 Å². The first kappa shape index (κ1) is 10.5. The van der Waals surface area contributed by atoms with Crippen molar-refractivity contribution in [1.29, 1.82) is 0 Å². The van der Waals surface area contributed by atoms with Crippen LogP contribution >= 0.6 is 0 Å². The van der Waals surface area contributed by atoms with Gasteiger partial charge in [0, 0.05) is 25.3 Å². The molecule has 2 rings (SSSR count). The summed E-state index contributed by atoms with van der Waals surface area (Å²) in [6.45, 7) is 6.69. The van der Waals surface area contributed by atoms with Gasteiger partial charge in [-0.15, -0.1) is 0 Å². The Balaban J connectivity index is 2.13. The molecule has 0 saturated carbocycles. The van der Waals surface area contributed by atoms with Gasteiger partial charge in [0.2, 0.25) is 0 Å². The van der Waals surface area contributed by atoms with E-state index in [-0.39, 0.29) is 0 Å². The molecule has 1 N–H and O–H groups in total. The lowest BCUT2D eigenvalue weighted by atomic mass is 10.0. The number of likely N-dealkylation sites (N-methyl/N-ethyl adjacent to an activating group) is 1. The normalized spacial score (nSPS) is 25.5. The van der Waals surface area contributed by atoms with E-state index >= 15 is 0 Å². The molecular weight excluding hydrogens is 184 g/mol. The summed E-state index contributed by atoms with van der Waals surface area (Å²) in [5.41, 5.74) is 2.64. The molecular formula is C13H20N2. The fourth-order valence-electron chi connectivity index (χ4n) is 2.29. The number of benzene rings is 1. The third-order valence-electron chi connectivity index (χ3n) is 3.42. The van der Waals surface area contributed by atoms with E-state index in [4.69, 9.17) is 0 Å². The molecule has 1 aromatic rings. The monoisotopic (exact) mass is 204 g/mol. The van der Waals surface area contributed by atoms with Crippen molar-refractivity contribution in [2.75, 3.05) is 25.0 Å². The number of aryl methyl sites for hydroxylation is 1. The summed E-state index contributed by atoms with van der Waals surface area (Å²) < 4.78 is 0. The summed E-state index contributed by atoms with van der Waals surface area (Å²) >= 11 is 0. The molecule has 15 heavy (non-hydrogen) atoms. The SMILES string of the molecule is Cc1ccc(N(C)C2CNCC2C)cc1. The fraction of sp³-hybridized carbons (Fsp3) is 0.538. The van der Waals surface area contributed by atoms with Gasteiger partial charge in [-0.3, -0.25) is 0 Å². The highest BCUT2D eigenvalue weighted by molar-refractivity contribution is 5.48. The molecule has 2 atom stereocenters. The lowest BCUT2D eigenvalue weighted by Gasteiger charge is -2.29. The smallest absolute Gasteiger partial charge is 0.0448 e. The minimum Gasteiger partial charge on any atom is -0.370 e. The van der Waals surface area contributed by atoms with Crippen molar-refractivity contribution in [2.45, 2.75) is 19.9 Å². The second kappa shape index (κ2) is 4.23. The molecule has 2 unspecified atom stereocenters. The minimum atomic E-state index is 0.632. The van der Waals surface area contributed by atoms with Crippen molar-refractivity contribution >= 4 is 5.69 Å². The number of nitrogens with zero attached hydrogens (tertiary/aromatic N) is 1. The summed E-state index contributed by atoms with van der Waals surface area (Å²) in [6, 6.07) is 9.41. The van der Waals surface area contributed by atoms with Gasteiger partial charge in [0.1, 0.15) is 0 Å². The quantitative estimate of drug-likeness (QED) is 0.793. The predicted molar refractivity (Wildman–Crippen MR) is 65.4 cm³/mol. The largest absolute Gasteiger partial charge is 0.370 e. The van der Waals surface area contributed by atoms with Gasteiger partial charge in [-0.05, 0) is 31.5 Å². The zero-order valence-electron chi connectivity index (χ0n) is 9.83. The number of hydrogen-bond donors (Lipinski definition) is 1. The van der Waals surface area contributed by atoms with Crippen LogP contribution in [-0.4, -0.2) is 26.2 Å². The van der Waals surface area contributed by atoms with Gasteiger partial charge >= 0.3 is 0 Å². The van der Waals surface area contributed by atoms with Crippen LogP contribution in [0.25, 0.3) is 0 Å². The lowest BCUT2D eigenvalue weighted by Crippen LogP contribution is -2.37. The van der Waals surface area contributed by atoms with E-state index in [9.17, 15) is 0 Å². The highest BCUT2D eigenvalue weighted by Gasteiger charge is 2.26. The van der Waals surface area contributed by atoms with Crippen LogP contribution in [0.2, 0.25) is 0 Å². The van der Waals surface area contributed by atoms with Crippen molar-refractivity contribution in [3.8, 4) is 0 Å².